The van der Waals surface area contributed by atoms with E-state index < -0.39 is 0 Å². The van der Waals surface area contributed by atoms with Gasteiger partial charge in [0.25, 0.3) is 0 Å². The van der Waals surface area contributed by atoms with Crippen LogP contribution in [0.5, 0.6) is 0 Å². The monoisotopic (exact) mass is 392 g/mol. The molecular formula is C29H44. The summed E-state index contributed by atoms with van der Waals surface area (Å²) in [6.45, 7) is 8.93. The summed E-state index contributed by atoms with van der Waals surface area (Å²) in [5, 5.41) is 0. The second-order valence-corrected chi connectivity index (χ2v) is 11.1. The lowest BCUT2D eigenvalue weighted by Crippen LogP contribution is -2.15. The van der Waals surface area contributed by atoms with Crippen LogP contribution in [0.15, 0.2) is 47.6 Å². The lowest BCUT2D eigenvalue weighted by Gasteiger charge is -2.30. The minimum Gasteiger partial charge on any atom is -0.102 e. The lowest BCUT2D eigenvalue weighted by molar-refractivity contribution is 0.260. The zero-order chi connectivity index (χ0) is 20.3. The zero-order valence-electron chi connectivity index (χ0n) is 19.3. The van der Waals surface area contributed by atoms with Crippen molar-refractivity contribution in [2.75, 3.05) is 0 Å². The van der Waals surface area contributed by atoms with Gasteiger partial charge in [-0.25, -0.2) is 0 Å². The van der Waals surface area contributed by atoms with E-state index in [-0.39, 0.29) is 0 Å². The normalized spacial score (nSPS) is 37.0. The average molecular weight is 393 g/mol. The third kappa shape index (κ3) is 4.83. The fourth-order valence-electron chi connectivity index (χ4n) is 6.85. The first-order valence-corrected chi connectivity index (χ1v) is 12.8. The van der Waals surface area contributed by atoms with Crippen molar-refractivity contribution < 1.29 is 0 Å². The van der Waals surface area contributed by atoms with Gasteiger partial charge in [-0.3, -0.25) is 0 Å². The Morgan fingerprint density at radius 1 is 0.966 bits per heavy atom. The predicted molar refractivity (Wildman–Crippen MR) is 127 cm³/mol. The Balaban J connectivity index is 1.20. The third-order valence-corrected chi connectivity index (χ3v) is 9.01. The average Bonchev–Trinajstić information content (AvgIpc) is 3.34. The van der Waals surface area contributed by atoms with Gasteiger partial charge in [-0.2, -0.15) is 0 Å². The smallest absolute Gasteiger partial charge is 0.00237 e. The molecule has 0 N–H and O–H groups in total. The highest BCUT2D eigenvalue weighted by atomic mass is 14.6. The maximum atomic E-state index is 4.15. The Hall–Kier alpha value is -1.04. The van der Waals surface area contributed by atoms with Crippen LogP contribution >= 0.6 is 0 Å². The Morgan fingerprint density at radius 2 is 1.69 bits per heavy atom. The Morgan fingerprint density at radius 3 is 2.38 bits per heavy atom. The summed E-state index contributed by atoms with van der Waals surface area (Å²) < 4.78 is 0. The Labute approximate surface area is 180 Å². The SMILES string of the molecule is C=CC12CCCC(CCC3CCC(CC4=CC=C(CCC)CC4)CC3)=CC1(C)C2. The van der Waals surface area contributed by atoms with E-state index in [9.17, 15) is 0 Å². The highest BCUT2D eigenvalue weighted by Crippen LogP contribution is 2.69. The lowest BCUT2D eigenvalue weighted by atomic mass is 9.76. The number of hydrogen-bond donors (Lipinski definition) is 0. The molecule has 0 spiro atoms. The van der Waals surface area contributed by atoms with Gasteiger partial charge in [0.2, 0.25) is 0 Å². The van der Waals surface area contributed by atoms with Gasteiger partial charge in [0, 0.05) is 0 Å². The molecule has 2 atom stereocenters. The van der Waals surface area contributed by atoms with Gasteiger partial charge in [0.15, 0.2) is 0 Å². The summed E-state index contributed by atoms with van der Waals surface area (Å²) >= 11 is 0. The van der Waals surface area contributed by atoms with E-state index in [1.54, 1.807) is 16.7 Å². The maximum absolute atomic E-state index is 4.15. The summed E-state index contributed by atoms with van der Waals surface area (Å²) in [5.74, 6) is 1.96. The molecule has 0 aromatic carbocycles. The van der Waals surface area contributed by atoms with Crippen molar-refractivity contribution >= 4 is 0 Å². The van der Waals surface area contributed by atoms with E-state index in [0.29, 0.717) is 10.8 Å². The van der Waals surface area contributed by atoms with Crippen LogP contribution in [0.4, 0.5) is 0 Å². The minimum atomic E-state index is 0.442. The summed E-state index contributed by atoms with van der Waals surface area (Å²) in [7, 11) is 0. The first kappa shape index (κ1) is 21.2. The van der Waals surface area contributed by atoms with Crippen molar-refractivity contribution in [3.05, 3.63) is 47.6 Å². The summed E-state index contributed by atoms with van der Waals surface area (Å²) in [4.78, 5) is 0. The van der Waals surface area contributed by atoms with Crippen molar-refractivity contribution in [2.24, 2.45) is 22.7 Å². The van der Waals surface area contributed by atoms with Crippen LogP contribution in [0.1, 0.15) is 110 Å². The van der Waals surface area contributed by atoms with E-state index >= 15 is 0 Å². The molecule has 4 aliphatic carbocycles. The highest BCUT2D eigenvalue weighted by Gasteiger charge is 2.60. The molecular weight excluding hydrogens is 348 g/mol. The van der Waals surface area contributed by atoms with Crippen molar-refractivity contribution in [3.8, 4) is 0 Å². The predicted octanol–water partition coefficient (Wildman–Crippen LogP) is 9.10. The van der Waals surface area contributed by atoms with E-state index in [0.717, 1.165) is 11.8 Å². The molecule has 0 bridgehead atoms. The molecule has 4 aliphatic rings. The molecule has 2 saturated carbocycles. The second-order valence-electron chi connectivity index (χ2n) is 11.1. The Bertz CT molecular complexity index is 681. The summed E-state index contributed by atoms with van der Waals surface area (Å²) in [6, 6.07) is 0. The van der Waals surface area contributed by atoms with E-state index in [4.69, 9.17) is 0 Å². The molecule has 2 fully saturated rings. The van der Waals surface area contributed by atoms with Crippen LogP contribution in [0, 0.1) is 22.7 Å². The zero-order valence-corrected chi connectivity index (χ0v) is 19.3. The standard InChI is InChI=1S/C29H44/c1-4-7-23-9-14-25(15-10-23)20-26-16-11-24(12-17-26)13-18-27-8-6-19-29(5-2)22-28(29,3)21-27/h5,9,14,21,24,26H,2,4,6-8,10-13,15-20,22H2,1,3H3. The van der Waals surface area contributed by atoms with Crippen molar-refractivity contribution in [2.45, 2.75) is 110 Å². The summed E-state index contributed by atoms with van der Waals surface area (Å²) in [6.07, 6.45) is 30.7. The van der Waals surface area contributed by atoms with Crippen molar-refractivity contribution in [3.63, 3.8) is 0 Å². The molecule has 0 saturated heterocycles. The first-order valence-electron chi connectivity index (χ1n) is 12.8. The topological polar surface area (TPSA) is 0 Å². The molecule has 0 aliphatic heterocycles. The first-order chi connectivity index (χ1) is 14.1. The van der Waals surface area contributed by atoms with Gasteiger partial charge < -0.3 is 0 Å². The van der Waals surface area contributed by atoms with Gasteiger partial charge in [-0.1, -0.05) is 74.1 Å². The largest absolute Gasteiger partial charge is 0.102 e. The van der Waals surface area contributed by atoms with Gasteiger partial charge in [0.05, 0.1) is 0 Å². The molecule has 0 amide bonds. The fourth-order valence-corrected chi connectivity index (χ4v) is 6.85. The second kappa shape index (κ2) is 8.99. The Kier molecular flexibility index (Phi) is 6.57. The fraction of sp³-hybridized carbons (Fsp3) is 0.724. The highest BCUT2D eigenvalue weighted by molar-refractivity contribution is 5.31. The molecule has 0 heterocycles. The number of allylic oxidation sites excluding steroid dienone is 7. The van der Waals surface area contributed by atoms with E-state index in [2.05, 4.69) is 44.7 Å². The summed E-state index contributed by atoms with van der Waals surface area (Å²) in [5.41, 5.74) is 6.08. The number of rotatable bonds is 8. The molecule has 160 valence electrons. The molecule has 29 heavy (non-hydrogen) atoms. The van der Waals surface area contributed by atoms with Crippen molar-refractivity contribution in [1.82, 2.24) is 0 Å². The van der Waals surface area contributed by atoms with Crippen LogP contribution in [-0.2, 0) is 0 Å². The molecule has 4 rings (SSSR count). The minimum absolute atomic E-state index is 0.442. The van der Waals surface area contributed by atoms with Gasteiger partial charge in [0.1, 0.15) is 0 Å². The molecule has 0 aromatic rings. The number of fused-ring (bicyclic) bond motifs is 1. The molecule has 0 nitrogen and oxygen atoms in total. The van der Waals surface area contributed by atoms with Gasteiger partial charge >= 0.3 is 0 Å². The van der Waals surface area contributed by atoms with E-state index in [1.807, 2.05) is 0 Å². The van der Waals surface area contributed by atoms with Crippen LogP contribution in [0.2, 0.25) is 0 Å². The van der Waals surface area contributed by atoms with E-state index in [1.165, 1.54) is 96.3 Å². The van der Waals surface area contributed by atoms with Crippen LogP contribution < -0.4 is 0 Å². The maximum Gasteiger partial charge on any atom is -0.00237 e. The molecule has 2 unspecified atom stereocenters. The van der Waals surface area contributed by atoms with Crippen LogP contribution in [0.3, 0.4) is 0 Å². The van der Waals surface area contributed by atoms with Gasteiger partial charge in [-0.15, -0.1) is 6.58 Å². The quantitative estimate of drug-likeness (QED) is 0.361. The van der Waals surface area contributed by atoms with Gasteiger partial charge in [-0.05, 0) is 99.7 Å². The van der Waals surface area contributed by atoms with Crippen molar-refractivity contribution in [1.29, 1.82) is 0 Å². The molecule has 0 heteroatoms. The number of hydrogen-bond acceptors (Lipinski definition) is 0. The molecule has 0 aromatic heterocycles. The van der Waals surface area contributed by atoms with Crippen LogP contribution in [-0.4, -0.2) is 0 Å². The van der Waals surface area contributed by atoms with Crippen LogP contribution in [0.25, 0.3) is 0 Å². The third-order valence-electron chi connectivity index (χ3n) is 9.01. The molecule has 0 radical (unpaired) electrons.